The Morgan fingerprint density at radius 3 is 2.66 bits per heavy atom. The molecule has 0 fully saturated rings. The minimum atomic E-state index is -0.988. The third-order valence-corrected chi connectivity index (χ3v) is 7.06. The summed E-state index contributed by atoms with van der Waals surface area (Å²) in [6, 6.07) is 29.2. The van der Waals surface area contributed by atoms with Gasteiger partial charge >= 0.3 is 5.97 Å². The molecule has 6 heteroatoms. The normalized spacial score (nSPS) is 15.2. The Balaban J connectivity index is 0.00000336. The van der Waals surface area contributed by atoms with Crippen LogP contribution in [-0.2, 0) is 4.79 Å². The van der Waals surface area contributed by atoms with Crippen LogP contribution in [0.1, 0.15) is 43.2 Å². The van der Waals surface area contributed by atoms with Crippen LogP contribution in [0.15, 0.2) is 84.9 Å². The zero-order valence-electron chi connectivity index (χ0n) is 21.8. The summed E-state index contributed by atoms with van der Waals surface area (Å²) in [4.78, 5) is 13.3. The SMILES string of the molecule is Cc1cc(OCC(=O)O)cc(N2CC(CCC[C@H](C)c3cccc4ccccc34)Oc3ccccc32)c1.Cl. The van der Waals surface area contributed by atoms with E-state index in [1.807, 2.05) is 37.3 Å². The number of halogens is 1. The fourth-order valence-corrected chi connectivity index (χ4v) is 5.29. The molecule has 2 atom stereocenters. The zero-order valence-corrected chi connectivity index (χ0v) is 22.6. The van der Waals surface area contributed by atoms with Crippen molar-refractivity contribution in [1.29, 1.82) is 0 Å². The number of fused-ring (bicyclic) bond motifs is 2. The molecule has 0 amide bonds. The first-order valence-electron chi connectivity index (χ1n) is 12.9. The molecular weight excluding hydrogens is 498 g/mol. The van der Waals surface area contributed by atoms with E-state index < -0.39 is 5.97 Å². The van der Waals surface area contributed by atoms with Gasteiger partial charge in [0.25, 0.3) is 0 Å². The summed E-state index contributed by atoms with van der Waals surface area (Å²) in [7, 11) is 0. The highest BCUT2D eigenvalue weighted by molar-refractivity contribution is 5.86. The number of hydrogen-bond acceptors (Lipinski definition) is 4. The van der Waals surface area contributed by atoms with E-state index in [0.717, 1.165) is 48.5 Å². The first-order valence-corrected chi connectivity index (χ1v) is 12.9. The van der Waals surface area contributed by atoms with Crippen molar-refractivity contribution in [1.82, 2.24) is 0 Å². The summed E-state index contributed by atoms with van der Waals surface area (Å²) in [5, 5.41) is 11.7. The average Bonchev–Trinajstić information content (AvgIpc) is 2.90. The van der Waals surface area contributed by atoms with Gasteiger partial charge in [-0.3, -0.25) is 0 Å². The summed E-state index contributed by atoms with van der Waals surface area (Å²) in [6.45, 7) is 4.67. The monoisotopic (exact) mass is 531 g/mol. The number of ether oxygens (including phenoxy) is 2. The molecule has 5 rings (SSSR count). The second kappa shape index (κ2) is 12.2. The van der Waals surface area contributed by atoms with E-state index in [1.54, 1.807) is 0 Å². The van der Waals surface area contributed by atoms with Crippen LogP contribution in [0, 0.1) is 6.92 Å². The molecule has 1 heterocycles. The Morgan fingerprint density at radius 2 is 1.82 bits per heavy atom. The van der Waals surface area contributed by atoms with Crippen molar-refractivity contribution < 1.29 is 19.4 Å². The quantitative estimate of drug-likeness (QED) is 0.238. The van der Waals surface area contributed by atoms with Gasteiger partial charge < -0.3 is 19.5 Å². The van der Waals surface area contributed by atoms with Crippen LogP contribution in [-0.4, -0.2) is 30.3 Å². The van der Waals surface area contributed by atoms with Gasteiger partial charge in [0.15, 0.2) is 6.61 Å². The summed E-state index contributed by atoms with van der Waals surface area (Å²) >= 11 is 0. The summed E-state index contributed by atoms with van der Waals surface area (Å²) < 4.78 is 11.9. The van der Waals surface area contributed by atoms with Crippen LogP contribution in [0.4, 0.5) is 11.4 Å². The number of carboxylic acid groups (broad SMARTS) is 1. The Morgan fingerprint density at radius 1 is 1.05 bits per heavy atom. The number of carbonyl (C=O) groups is 1. The van der Waals surface area contributed by atoms with Crippen molar-refractivity contribution >= 4 is 40.5 Å². The molecule has 0 aliphatic carbocycles. The molecular formula is C32H34ClNO4. The van der Waals surface area contributed by atoms with Gasteiger partial charge in [-0.1, -0.05) is 61.5 Å². The number of benzene rings is 4. The maximum Gasteiger partial charge on any atom is 0.341 e. The largest absolute Gasteiger partial charge is 0.486 e. The molecule has 0 spiro atoms. The summed E-state index contributed by atoms with van der Waals surface area (Å²) in [6.07, 6.45) is 3.16. The van der Waals surface area contributed by atoms with Crippen LogP contribution in [0.25, 0.3) is 10.8 Å². The van der Waals surface area contributed by atoms with E-state index in [9.17, 15) is 4.79 Å². The maximum absolute atomic E-state index is 11.0. The molecule has 38 heavy (non-hydrogen) atoms. The number of anilines is 2. The molecule has 5 nitrogen and oxygen atoms in total. The van der Waals surface area contributed by atoms with Crippen LogP contribution >= 0.6 is 12.4 Å². The summed E-state index contributed by atoms with van der Waals surface area (Å²) in [5.74, 6) is 0.901. The lowest BCUT2D eigenvalue weighted by Crippen LogP contribution is -2.37. The highest BCUT2D eigenvalue weighted by atomic mass is 35.5. The third-order valence-electron chi connectivity index (χ3n) is 7.06. The number of aryl methyl sites for hydroxylation is 1. The number of para-hydroxylation sites is 2. The molecule has 1 unspecified atom stereocenters. The van der Waals surface area contributed by atoms with E-state index in [4.69, 9.17) is 14.6 Å². The number of aliphatic carboxylic acids is 1. The van der Waals surface area contributed by atoms with Crippen LogP contribution in [0.5, 0.6) is 11.5 Å². The van der Waals surface area contributed by atoms with Crippen LogP contribution in [0.2, 0.25) is 0 Å². The van der Waals surface area contributed by atoms with Gasteiger partial charge in [-0.15, -0.1) is 12.4 Å². The van der Waals surface area contributed by atoms with E-state index in [2.05, 4.69) is 66.4 Å². The topological polar surface area (TPSA) is 59.0 Å². The van der Waals surface area contributed by atoms with Crippen molar-refractivity contribution in [3.05, 3.63) is 96.1 Å². The van der Waals surface area contributed by atoms with Gasteiger partial charge in [0.2, 0.25) is 0 Å². The Bertz CT molecular complexity index is 1400. The predicted octanol–water partition coefficient (Wildman–Crippen LogP) is 7.91. The second-order valence-corrected chi connectivity index (χ2v) is 9.91. The molecule has 4 aromatic rings. The molecule has 0 saturated carbocycles. The lowest BCUT2D eigenvalue weighted by Gasteiger charge is -2.37. The van der Waals surface area contributed by atoms with Crippen LogP contribution < -0.4 is 14.4 Å². The Kier molecular flexibility index (Phi) is 8.80. The highest BCUT2D eigenvalue weighted by Gasteiger charge is 2.27. The molecule has 0 bridgehead atoms. The molecule has 1 N–H and O–H groups in total. The molecule has 198 valence electrons. The van der Waals surface area contributed by atoms with Gasteiger partial charge in [-0.2, -0.15) is 0 Å². The average molecular weight is 532 g/mol. The van der Waals surface area contributed by atoms with Crippen molar-refractivity contribution in [2.45, 2.75) is 45.1 Å². The van der Waals surface area contributed by atoms with Gasteiger partial charge in [0.05, 0.1) is 12.2 Å². The molecule has 1 aliphatic heterocycles. The molecule has 0 radical (unpaired) electrons. The van der Waals surface area contributed by atoms with Gasteiger partial charge in [-0.05, 0) is 78.3 Å². The van der Waals surface area contributed by atoms with E-state index in [1.165, 1.54) is 16.3 Å². The number of hydrogen-bond donors (Lipinski definition) is 1. The molecule has 0 saturated heterocycles. The lowest BCUT2D eigenvalue weighted by molar-refractivity contribution is -0.139. The number of carboxylic acids is 1. The first-order chi connectivity index (χ1) is 18.0. The van der Waals surface area contributed by atoms with E-state index in [0.29, 0.717) is 11.7 Å². The number of nitrogens with zero attached hydrogens (tertiary/aromatic N) is 1. The zero-order chi connectivity index (χ0) is 25.8. The van der Waals surface area contributed by atoms with E-state index in [-0.39, 0.29) is 25.1 Å². The van der Waals surface area contributed by atoms with Crippen molar-refractivity contribution in [2.24, 2.45) is 0 Å². The minimum absolute atomic E-state index is 0. The van der Waals surface area contributed by atoms with Crippen molar-refractivity contribution in [2.75, 3.05) is 18.1 Å². The minimum Gasteiger partial charge on any atom is -0.486 e. The lowest BCUT2D eigenvalue weighted by atomic mass is 9.90. The maximum atomic E-state index is 11.0. The standard InChI is InChI=1S/C32H33NO4.ClH/c1-22-17-25(19-27(18-22)36-21-32(34)35)33-20-26(37-31-16-6-5-15-30(31)33)12-7-9-23(2)28-14-8-11-24-10-3-4-13-29(24)28;/h3-6,8,10-11,13-19,23,26H,7,9,12,20-21H2,1-2H3,(H,34,35);1H/t23-,26?;/m0./s1. The van der Waals surface area contributed by atoms with Crippen molar-refractivity contribution in [3.8, 4) is 11.5 Å². The molecule has 1 aliphatic rings. The highest BCUT2D eigenvalue weighted by Crippen LogP contribution is 2.40. The summed E-state index contributed by atoms with van der Waals surface area (Å²) in [5.41, 5.74) is 4.41. The fourth-order valence-electron chi connectivity index (χ4n) is 5.29. The second-order valence-electron chi connectivity index (χ2n) is 9.91. The molecule has 0 aromatic heterocycles. The van der Waals surface area contributed by atoms with Gasteiger partial charge in [-0.25, -0.2) is 4.79 Å². The smallest absolute Gasteiger partial charge is 0.341 e. The number of rotatable bonds is 9. The predicted molar refractivity (Wildman–Crippen MR) is 156 cm³/mol. The van der Waals surface area contributed by atoms with Gasteiger partial charge in [0.1, 0.15) is 17.6 Å². The van der Waals surface area contributed by atoms with Gasteiger partial charge in [0, 0.05) is 11.8 Å². The third kappa shape index (κ3) is 6.22. The van der Waals surface area contributed by atoms with Crippen LogP contribution in [0.3, 0.4) is 0 Å². The Hall–Kier alpha value is -3.70. The first kappa shape index (κ1) is 27.3. The molecule has 4 aromatic carbocycles. The Labute approximate surface area is 230 Å². The van der Waals surface area contributed by atoms with Crippen molar-refractivity contribution in [3.63, 3.8) is 0 Å². The van der Waals surface area contributed by atoms with E-state index >= 15 is 0 Å². The fraction of sp³-hybridized carbons (Fsp3) is 0.281.